The third kappa shape index (κ3) is 1.63. The van der Waals surface area contributed by atoms with E-state index in [1.165, 1.54) is 0 Å². The summed E-state index contributed by atoms with van der Waals surface area (Å²) < 4.78 is 1.75. The molecule has 3 heterocycles. The molecule has 0 radical (unpaired) electrons. The summed E-state index contributed by atoms with van der Waals surface area (Å²) in [5.74, 6) is 1.54. The third-order valence-electron chi connectivity index (χ3n) is 2.56. The van der Waals surface area contributed by atoms with E-state index in [0.717, 1.165) is 22.9 Å². The van der Waals surface area contributed by atoms with Crippen molar-refractivity contribution in [1.29, 1.82) is 0 Å². The summed E-state index contributed by atoms with van der Waals surface area (Å²) in [5, 5.41) is 7.29. The Morgan fingerprint density at radius 3 is 2.82 bits per heavy atom. The van der Waals surface area contributed by atoms with Crippen LogP contribution >= 0.6 is 0 Å². The molecular formula is C11H12N6. The van der Waals surface area contributed by atoms with Crippen molar-refractivity contribution < 1.29 is 0 Å². The van der Waals surface area contributed by atoms with Gasteiger partial charge in [0.1, 0.15) is 11.5 Å². The first-order chi connectivity index (χ1) is 8.26. The molecule has 0 fully saturated rings. The number of aryl methyl sites for hydroxylation is 1. The first-order valence-electron chi connectivity index (χ1n) is 5.31. The van der Waals surface area contributed by atoms with Crippen LogP contribution in [0.25, 0.3) is 22.7 Å². The van der Waals surface area contributed by atoms with E-state index in [9.17, 15) is 0 Å². The summed E-state index contributed by atoms with van der Waals surface area (Å²) in [4.78, 5) is 12.0. The van der Waals surface area contributed by atoms with Crippen LogP contribution in [0.4, 0.5) is 5.82 Å². The zero-order valence-corrected chi connectivity index (χ0v) is 9.60. The van der Waals surface area contributed by atoms with Crippen molar-refractivity contribution >= 4 is 17.0 Å². The molecule has 6 nitrogen and oxygen atoms in total. The number of hydrogen-bond donors (Lipinski definition) is 2. The Kier molecular flexibility index (Phi) is 2.07. The summed E-state index contributed by atoms with van der Waals surface area (Å²) in [6.07, 6.45) is 1.88. The topological polar surface area (TPSA) is 71.4 Å². The number of aromatic amines is 1. The summed E-state index contributed by atoms with van der Waals surface area (Å²) in [7, 11) is 3.71. The Bertz CT molecular complexity index is 665. The maximum absolute atomic E-state index is 4.42. The van der Waals surface area contributed by atoms with Gasteiger partial charge >= 0.3 is 0 Å². The minimum atomic E-state index is 0.692. The number of rotatable bonds is 2. The second-order valence-corrected chi connectivity index (χ2v) is 3.78. The van der Waals surface area contributed by atoms with Crippen molar-refractivity contribution in [1.82, 2.24) is 24.7 Å². The van der Waals surface area contributed by atoms with E-state index in [1.54, 1.807) is 4.68 Å². The maximum Gasteiger partial charge on any atom is 0.180 e. The number of imidazole rings is 1. The summed E-state index contributed by atoms with van der Waals surface area (Å²) in [6, 6.07) is 5.77. The Morgan fingerprint density at radius 2 is 2.12 bits per heavy atom. The van der Waals surface area contributed by atoms with Gasteiger partial charge in [-0.1, -0.05) is 0 Å². The van der Waals surface area contributed by atoms with Gasteiger partial charge in [0.2, 0.25) is 0 Å². The monoisotopic (exact) mass is 228 g/mol. The molecule has 0 saturated carbocycles. The van der Waals surface area contributed by atoms with Gasteiger partial charge in [-0.2, -0.15) is 5.10 Å². The van der Waals surface area contributed by atoms with Crippen LogP contribution in [0, 0.1) is 0 Å². The molecule has 0 aliphatic carbocycles. The highest BCUT2D eigenvalue weighted by molar-refractivity contribution is 5.76. The van der Waals surface area contributed by atoms with Gasteiger partial charge in [0, 0.05) is 20.3 Å². The van der Waals surface area contributed by atoms with Crippen LogP contribution in [0.1, 0.15) is 0 Å². The highest BCUT2D eigenvalue weighted by atomic mass is 15.3. The fourth-order valence-corrected chi connectivity index (χ4v) is 1.69. The highest BCUT2D eigenvalue weighted by Gasteiger charge is 2.08. The van der Waals surface area contributed by atoms with Crippen LogP contribution in [-0.2, 0) is 7.05 Å². The number of fused-ring (bicyclic) bond motifs is 1. The molecule has 3 rings (SSSR count). The predicted octanol–water partition coefficient (Wildman–Crippen LogP) is 1.40. The molecule has 3 aromatic rings. The average molecular weight is 228 g/mol. The minimum Gasteiger partial charge on any atom is -0.373 e. The lowest BCUT2D eigenvalue weighted by molar-refractivity contribution is 0.769. The van der Waals surface area contributed by atoms with E-state index >= 15 is 0 Å². The van der Waals surface area contributed by atoms with Gasteiger partial charge in [-0.15, -0.1) is 0 Å². The van der Waals surface area contributed by atoms with Gasteiger partial charge in [0.15, 0.2) is 11.5 Å². The number of H-pyrrole nitrogens is 1. The molecule has 17 heavy (non-hydrogen) atoms. The summed E-state index contributed by atoms with van der Waals surface area (Å²) >= 11 is 0. The molecule has 0 aliphatic rings. The largest absolute Gasteiger partial charge is 0.373 e. The number of anilines is 1. The lowest BCUT2D eigenvalue weighted by Gasteiger charge is -1.95. The Hall–Kier alpha value is -2.37. The zero-order valence-electron chi connectivity index (χ0n) is 9.60. The van der Waals surface area contributed by atoms with E-state index < -0.39 is 0 Å². The van der Waals surface area contributed by atoms with Crippen molar-refractivity contribution in [2.75, 3.05) is 12.4 Å². The fourth-order valence-electron chi connectivity index (χ4n) is 1.69. The first-order valence-corrected chi connectivity index (χ1v) is 5.31. The second-order valence-electron chi connectivity index (χ2n) is 3.78. The van der Waals surface area contributed by atoms with Gasteiger partial charge < -0.3 is 10.3 Å². The van der Waals surface area contributed by atoms with E-state index in [0.29, 0.717) is 5.65 Å². The molecule has 2 N–H and O–H groups in total. The van der Waals surface area contributed by atoms with Crippen molar-refractivity contribution in [2.45, 2.75) is 0 Å². The van der Waals surface area contributed by atoms with E-state index in [2.05, 4.69) is 25.4 Å². The number of nitrogens with one attached hydrogen (secondary N) is 2. The molecule has 3 aromatic heterocycles. The van der Waals surface area contributed by atoms with Crippen molar-refractivity contribution in [3.63, 3.8) is 0 Å². The van der Waals surface area contributed by atoms with Crippen LogP contribution in [0.15, 0.2) is 24.4 Å². The highest BCUT2D eigenvalue weighted by Crippen LogP contribution is 2.18. The Morgan fingerprint density at radius 1 is 1.24 bits per heavy atom. The lowest BCUT2D eigenvalue weighted by atomic mass is 10.4. The number of nitrogens with zero attached hydrogens (tertiary/aromatic N) is 4. The normalized spacial score (nSPS) is 10.9. The van der Waals surface area contributed by atoms with E-state index in [-0.39, 0.29) is 0 Å². The molecule has 86 valence electrons. The van der Waals surface area contributed by atoms with Gasteiger partial charge in [0.25, 0.3) is 0 Å². The molecule has 0 spiro atoms. The van der Waals surface area contributed by atoms with Crippen LogP contribution in [-0.4, -0.2) is 31.8 Å². The van der Waals surface area contributed by atoms with E-state index in [1.807, 2.05) is 38.5 Å². The van der Waals surface area contributed by atoms with Crippen LogP contribution in [0.2, 0.25) is 0 Å². The van der Waals surface area contributed by atoms with Crippen LogP contribution in [0.5, 0.6) is 0 Å². The molecule has 0 aliphatic heterocycles. The molecule has 6 heteroatoms. The molecule has 0 bridgehead atoms. The quantitative estimate of drug-likeness (QED) is 0.695. The van der Waals surface area contributed by atoms with Crippen molar-refractivity contribution in [3.8, 4) is 11.5 Å². The van der Waals surface area contributed by atoms with Gasteiger partial charge in [0.05, 0.1) is 5.52 Å². The SMILES string of the molecule is CNc1ccc2[nH]c(-c3ccn(C)n3)nc2n1. The summed E-state index contributed by atoms with van der Waals surface area (Å²) in [5.41, 5.74) is 2.42. The van der Waals surface area contributed by atoms with Crippen molar-refractivity contribution in [3.05, 3.63) is 24.4 Å². The van der Waals surface area contributed by atoms with Crippen molar-refractivity contribution in [2.24, 2.45) is 7.05 Å². The fraction of sp³-hybridized carbons (Fsp3) is 0.182. The standard InChI is InChI=1S/C11H12N6/c1-12-9-4-3-7-10(14-9)15-11(13-7)8-5-6-17(2)16-8/h3-6H,1-2H3,(H2,12,13,14,15). The average Bonchev–Trinajstić information content (AvgIpc) is 2.93. The van der Waals surface area contributed by atoms with Gasteiger partial charge in [-0.3, -0.25) is 4.68 Å². The number of pyridine rings is 1. The molecule has 0 aromatic carbocycles. The maximum atomic E-state index is 4.42. The van der Waals surface area contributed by atoms with Gasteiger partial charge in [-0.05, 0) is 18.2 Å². The predicted molar refractivity (Wildman–Crippen MR) is 65.6 cm³/mol. The zero-order chi connectivity index (χ0) is 11.8. The molecular weight excluding hydrogens is 216 g/mol. The number of hydrogen-bond acceptors (Lipinski definition) is 4. The molecule has 0 atom stereocenters. The Balaban J connectivity index is 2.13. The third-order valence-corrected chi connectivity index (χ3v) is 2.56. The molecule has 0 saturated heterocycles. The molecule has 0 unspecified atom stereocenters. The molecule has 0 amide bonds. The smallest absolute Gasteiger partial charge is 0.180 e. The van der Waals surface area contributed by atoms with E-state index in [4.69, 9.17) is 0 Å². The van der Waals surface area contributed by atoms with Crippen LogP contribution < -0.4 is 5.32 Å². The van der Waals surface area contributed by atoms with Gasteiger partial charge in [-0.25, -0.2) is 9.97 Å². The second kappa shape index (κ2) is 3.58. The number of aromatic nitrogens is 5. The Labute approximate surface area is 97.7 Å². The van der Waals surface area contributed by atoms with Crippen LogP contribution in [0.3, 0.4) is 0 Å². The lowest BCUT2D eigenvalue weighted by Crippen LogP contribution is -1.91. The summed E-state index contributed by atoms with van der Waals surface area (Å²) in [6.45, 7) is 0. The minimum absolute atomic E-state index is 0.692. The first kappa shape index (κ1) is 9.83.